The molecule has 1 amide bonds. The number of aliphatic hydroxyl groups is 1. The molecule has 0 saturated carbocycles. The third kappa shape index (κ3) is 4.85. The summed E-state index contributed by atoms with van der Waals surface area (Å²) >= 11 is 11.8. The number of hydrogen-bond donors (Lipinski definition) is 1. The van der Waals surface area contributed by atoms with Crippen LogP contribution in [0.15, 0.2) is 18.2 Å². The predicted octanol–water partition coefficient (Wildman–Crippen LogP) is 2.54. The van der Waals surface area contributed by atoms with Crippen LogP contribution in [0.2, 0.25) is 10.0 Å². The van der Waals surface area contributed by atoms with E-state index in [1.807, 2.05) is 11.0 Å². The van der Waals surface area contributed by atoms with Crippen LogP contribution in [0.1, 0.15) is 18.4 Å². The van der Waals surface area contributed by atoms with Crippen LogP contribution in [0.4, 0.5) is 0 Å². The summed E-state index contributed by atoms with van der Waals surface area (Å²) in [6, 6.07) is 5.27. The van der Waals surface area contributed by atoms with E-state index in [1.54, 1.807) is 12.1 Å². The normalized spacial score (nSPS) is 16.2. The number of benzene rings is 1. The van der Waals surface area contributed by atoms with E-state index < -0.39 is 0 Å². The summed E-state index contributed by atoms with van der Waals surface area (Å²) in [6.07, 6.45) is 2.10. The van der Waals surface area contributed by atoms with Crippen molar-refractivity contribution in [3.05, 3.63) is 33.8 Å². The van der Waals surface area contributed by atoms with Crippen molar-refractivity contribution in [1.82, 2.24) is 4.90 Å². The number of rotatable bonds is 5. The first kappa shape index (κ1) is 16.6. The van der Waals surface area contributed by atoms with E-state index in [0.717, 1.165) is 18.4 Å². The molecule has 0 bridgehead atoms. The molecule has 1 saturated heterocycles. The molecule has 6 heteroatoms. The molecule has 21 heavy (non-hydrogen) atoms. The number of piperidine rings is 1. The zero-order valence-electron chi connectivity index (χ0n) is 11.7. The molecule has 0 spiro atoms. The van der Waals surface area contributed by atoms with Gasteiger partial charge in [-0.1, -0.05) is 29.3 Å². The molecule has 1 N–H and O–H groups in total. The first-order valence-corrected chi connectivity index (χ1v) is 7.80. The molecule has 0 atom stereocenters. The van der Waals surface area contributed by atoms with E-state index >= 15 is 0 Å². The highest BCUT2D eigenvalue weighted by molar-refractivity contribution is 6.42. The Labute approximate surface area is 134 Å². The van der Waals surface area contributed by atoms with Gasteiger partial charge in [0.15, 0.2) is 0 Å². The highest BCUT2D eigenvalue weighted by Gasteiger charge is 2.23. The van der Waals surface area contributed by atoms with Gasteiger partial charge in [0.25, 0.3) is 0 Å². The Morgan fingerprint density at radius 2 is 2.00 bits per heavy atom. The Morgan fingerprint density at radius 1 is 1.29 bits per heavy atom. The number of likely N-dealkylation sites (tertiary alicyclic amines) is 1. The Bertz CT molecular complexity index is 488. The minimum absolute atomic E-state index is 0.0382. The van der Waals surface area contributed by atoms with Crippen LogP contribution in [0.3, 0.4) is 0 Å². The number of carbonyl (C=O) groups excluding carboxylic acids is 1. The zero-order chi connectivity index (χ0) is 15.2. The molecule has 0 aromatic heterocycles. The number of aliphatic hydroxyl groups excluding tert-OH is 1. The van der Waals surface area contributed by atoms with Crippen LogP contribution in [0.25, 0.3) is 0 Å². The molecule has 4 nitrogen and oxygen atoms in total. The molecule has 0 unspecified atom stereocenters. The molecule has 1 aromatic rings. The summed E-state index contributed by atoms with van der Waals surface area (Å²) in [4.78, 5) is 14.1. The molecule has 1 aliphatic rings. The minimum atomic E-state index is 0.0382. The lowest BCUT2D eigenvalue weighted by Gasteiger charge is -2.32. The van der Waals surface area contributed by atoms with Gasteiger partial charge in [-0.05, 0) is 30.5 Å². The second kappa shape index (κ2) is 7.99. The van der Waals surface area contributed by atoms with E-state index in [4.69, 9.17) is 33.0 Å². The summed E-state index contributed by atoms with van der Waals surface area (Å²) in [5.74, 6) is 0.0917. The molecule has 1 heterocycles. The molecule has 2 rings (SSSR count). The van der Waals surface area contributed by atoms with Gasteiger partial charge >= 0.3 is 0 Å². The first-order chi connectivity index (χ1) is 10.1. The number of ether oxygens (including phenoxy) is 1. The van der Waals surface area contributed by atoms with Gasteiger partial charge in [-0.15, -0.1) is 0 Å². The molecule has 116 valence electrons. The van der Waals surface area contributed by atoms with Gasteiger partial charge < -0.3 is 14.7 Å². The zero-order valence-corrected chi connectivity index (χ0v) is 13.2. The molecular formula is C15H19Cl2NO3. The molecule has 1 fully saturated rings. The second-order valence-corrected chi connectivity index (χ2v) is 5.91. The van der Waals surface area contributed by atoms with Crippen LogP contribution in [0.5, 0.6) is 0 Å². The van der Waals surface area contributed by atoms with Crippen molar-refractivity contribution in [1.29, 1.82) is 0 Å². The number of hydrogen-bond acceptors (Lipinski definition) is 3. The molecule has 0 aliphatic carbocycles. The Kier molecular flexibility index (Phi) is 6.30. The summed E-state index contributed by atoms with van der Waals surface area (Å²) in [7, 11) is 0. The maximum atomic E-state index is 12.3. The third-order valence-corrected chi connectivity index (χ3v) is 4.32. The fraction of sp³-hybridized carbons (Fsp3) is 0.533. The maximum absolute atomic E-state index is 12.3. The Morgan fingerprint density at radius 3 is 2.62 bits per heavy atom. The van der Waals surface area contributed by atoms with E-state index in [2.05, 4.69) is 0 Å². The van der Waals surface area contributed by atoms with Crippen molar-refractivity contribution in [3.8, 4) is 0 Å². The Hall–Kier alpha value is -0.810. The smallest absolute Gasteiger partial charge is 0.226 e. The summed E-state index contributed by atoms with van der Waals surface area (Å²) < 4.78 is 5.49. The number of carbonyl (C=O) groups is 1. The van der Waals surface area contributed by atoms with Gasteiger partial charge in [0.1, 0.15) is 0 Å². The van der Waals surface area contributed by atoms with Crippen LogP contribution in [-0.2, 0) is 16.0 Å². The van der Waals surface area contributed by atoms with Gasteiger partial charge in [0.2, 0.25) is 5.91 Å². The van der Waals surface area contributed by atoms with E-state index in [0.29, 0.717) is 36.2 Å². The largest absolute Gasteiger partial charge is 0.394 e. The van der Waals surface area contributed by atoms with Crippen LogP contribution in [0, 0.1) is 0 Å². The number of amides is 1. The van der Waals surface area contributed by atoms with Gasteiger partial charge in [-0.3, -0.25) is 4.79 Å². The lowest BCUT2D eigenvalue weighted by Crippen LogP contribution is -2.41. The monoisotopic (exact) mass is 331 g/mol. The van der Waals surface area contributed by atoms with Crippen LogP contribution >= 0.6 is 23.2 Å². The average Bonchev–Trinajstić information content (AvgIpc) is 2.49. The van der Waals surface area contributed by atoms with Gasteiger partial charge in [-0.25, -0.2) is 0 Å². The number of halogens is 2. The van der Waals surface area contributed by atoms with E-state index in [1.165, 1.54) is 0 Å². The van der Waals surface area contributed by atoms with E-state index in [-0.39, 0.29) is 18.6 Å². The topological polar surface area (TPSA) is 49.8 Å². The Balaban J connectivity index is 1.83. The minimum Gasteiger partial charge on any atom is -0.394 e. The molecular weight excluding hydrogens is 313 g/mol. The van der Waals surface area contributed by atoms with Crippen molar-refractivity contribution in [2.45, 2.75) is 25.4 Å². The third-order valence-electron chi connectivity index (χ3n) is 3.58. The second-order valence-electron chi connectivity index (χ2n) is 5.10. The molecule has 1 aromatic carbocycles. The van der Waals surface area contributed by atoms with Crippen molar-refractivity contribution < 1.29 is 14.6 Å². The van der Waals surface area contributed by atoms with Crippen LogP contribution < -0.4 is 0 Å². The average molecular weight is 332 g/mol. The highest BCUT2D eigenvalue weighted by atomic mass is 35.5. The highest BCUT2D eigenvalue weighted by Crippen LogP contribution is 2.23. The molecule has 0 radical (unpaired) electrons. The van der Waals surface area contributed by atoms with Crippen LogP contribution in [-0.4, -0.2) is 48.3 Å². The predicted molar refractivity (Wildman–Crippen MR) is 82.8 cm³/mol. The quantitative estimate of drug-likeness (QED) is 0.901. The van der Waals surface area contributed by atoms with Gasteiger partial charge in [-0.2, -0.15) is 0 Å². The SMILES string of the molecule is O=C(Cc1ccc(Cl)c(Cl)c1)N1CCC(OCCO)CC1. The first-order valence-electron chi connectivity index (χ1n) is 7.04. The summed E-state index contributed by atoms with van der Waals surface area (Å²) in [6.45, 7) is 1.78. The van der Waals surface area contributed by atoms with E-state index in [9.17, 15) is 4.79 Å². The number of nitrogens with zero attached hydrogens (tertiary/aromatic N) is 1. The fourth-order valence-corrected chi connectivity index (χ4v) is 2.75. The fourth-order valence-electron chi connectivity index (χ4n) is 2.43. The lowest BCUT2D eigenvalue weighted by molar-refractivity contribution is -0.133. The van der Waals surface area contributed by atoms with Crippen molar-refractivity contribution in [2.24, 2.45) is 0 Å². The van der Waals surface area contributed by atoms with Crippen molar-refractivity contribution in [2.75, 3.05) is 26.3 Å². The summed E-state index contributed by atoms with van der Waals surface area (Å²) in [5.41, 5.74) is 0.869. The van der Waals surface area contributed by atoms with Crippen molar-refractivity contribution >= 4 is 29.1 Å². The lowest BCUT2D eigenvalue weighted by atomic mass is 10.1. The van der Waals surface area contributed by atoms with Gasteiger partial charge in [0.05, 0.1) is 35.8 Å². The standard InChI is InChI=1S/C15H19Cl2NO3/c16-13-2-1-11(9-14(13)17)10-15(20)18-5-3-12(4-6-18)21-8-7-19/h1-2,9,12,19H,3-8,10H2. The van der Waals surface area contributed by atoms with Crippen molar-refractivity contribution in [3.63, 3.8) is 0 Å². The maximum Gasteiger partial charge on any atom is 0.226 e. The van der Waals surface area contributed by atoms with Gasteiger partial charge in [0, 0.05) is 13.1 Å². The summed E-state index contributed by atoms with van der Waals surface area (Å²) in [5, 5.41) is 9.70. The molecule has 1 aliphatic heterocycles.